The van der Waals surface area contributed by atoms with Crippen molar-refractivity contribution in [3.05, 3.63) is 58.6 Å². The van der Waals surface area contributed by atoms with Crippen molar-refractivity contribution in [3.63, 3.8) is 0 Å². The standard InChI is InChI=1S/C26H39NO4Si/c1-26(2,3)32(4,5)31-20-14-9-7-6-8-13-19-30-23-17-18-24(25(21-23)27(28)29)22-15-11-10-12-16-22/h10-12,15-18,21H,6-9,13-14,19-20H2,1-5H3. The number of hydrogen-bond acceptors (Lipinski definition) is 4. The molecule has 5 nitrogen and oxygen atoms in total. The van der Waals surface area contributed by atoms with Gasteiger partial charge in [0.05, 0.1) is 23.2 Å². The number of nitro groups is 1. The summed E-state index contributed by atoms with van der Waals surface area (Å²) in [6.45, 7) is 12.9. The van der Waals surface area contributed by atoms with Gasteiger partial charge >= 0.3 is 0 Å². The molecule has 0 spiro atoms. The lowest BCUT2D eigenvalue weighted by Crippen LogP contribution is -2.40. The summed E-state index contributed by atoms with van der Waals surface area (Å²) in [7, 11) is -1.62. The lowest BCUT2D eigenvalue weighted by molar-refractivity contribution is -0.384. The van der Waals surface area contributed by atoms with E-state index in [1.165, 1.54) is 25.3 Å². The van der Waals surface area contributed by atoms with Crippen molar-refractivity contribution < 1.29 is 14.1 Å². The van der Waals surface area contributed by atoms with Gasteiger partial charge in [-0.2, -0.15) is 0 Å². The number of benzene rings is 2. The van der Waals surface area contributed by atoms with Crippen molar-refractivity contribution in [1.29, 1.82) is 0 Å². The highest BCUT2D eigenvalue weighted by molar-refractivity contribution is 6.74. The summed E-state index contributed by atoms with van der Waals surface area (Å²) in [6.07, 6.45) is 6.76. The summed E-state index contributed by atoms with van der Waals surface area (Å²) < 4.78 is 12.0. The van der Waals surface area contributed by atoms with Crippen LogP contribution in [0, 0.1) is 10.1 Å². The number of nitrogens with zero attached hydrogens (tertiary/aromatic N) is 1. The highest BCUT2D eigenvalue weighted by Crippen LogP contribution is 2.36. The Kier molecular flexibility index (Phi) is 9.91. The number of hydrogen-bond donors (Lipinski definition) is 0. The smallest absolute Gasteiger partial charge is 0.280 e. The maximum Gasteiger partial charge on any atom is 0.280 e. The van der Waals surface area contributed by atoms with Gasteiger partial charge in [0.2, 0.25) is 0 Å². The zero-order valence-corrected chi connectivity index (χ0v) is 21.4. The fourth-order valence-corrected chi connectivity index (χ4v) is 4.35. The third kappa shape index (κ3) is 8.06. The van der Waals surface area contributed by atoms with Gasteiger partial charge in [-0.25, -0.2) is 0 Å². The topological polar surface area (TPSA) is 61.6 Å². The minimum atomic E-state index is -1.62. The minimum absolute atomic E-state index is 0.0774. The highest BCUT2D eigenvalue weighted by Gasteiger charge is 2.36. The van der Waals surface area contributed by atoms with E-state index in [1.54, 1.807) is 6.07 Å². The normalized spacial score (nSPS) is 12.0. The largest absolute Gasteiger partial charge is 0.493 e. The van der Waals surface area contributed by atoms with Crippen LogP contribution in [0.25, 0.3) is 11.1 Å². The lowest BCUT2D eigenvalue weighted by Gasteiger charge is -2.36. The quantitative estimate of drug-likeness (QED) is 0.132. The minimum Gasteiger partial charge on any atom is -0.493 e. The Labute approximate surface area is 194 Å². The molecule has 2 aromatic rings. The number of rotatable bonds is 13. The molecule has 0 fully saturated rings. The maximum absolute atomic E-state index is 11.5. The molecule has 0 amide bonds. The molecule has 0 bridgehead atoms. The van der Waals surface area contributed by atoms with Gasteiger partial charge in [-0.15, -0.1) is 0 Å². The molecule has 0 saturated carbocycles. The Morgan fingerprint density at radius 2 is 1.47 bits per heavy atom. The third-order valence-electron chi connectivity index (χ3n) is 6.33. The van der Waals surface area contributed by atoms with Crippen LogP contribution in [0.5, 0.6) is 5.75 Å². The SMILES string of the molecule is CC(C)(C)[Si](C)(C)OCCCCCCCCOc1ccc(-c2ccccc2)c([N+](=O)[O-])c1. The van der Waals surface area contributed by atoms with Crippen LogP contribution in [-0.4, -0.2) is 26.5 Å². The zero-order valence-electron chi connectivity index (χ0n) is 20.4. The van der Waals surface area contributed by atoms with Crippen molar-refractivity contribution in [2.45, 2.75) is 77.4 Å². The molecule has 0 radical (unpaired) electrons. The van der Waals surface area contributed by atoms with Crippen molar-refractivity contribution in [1.82, 2.24) is 0 Å². The molecule has 0 aliphatic rings. The van der Waals surface area contributed by atoms with Gasteiger partial charge in [-0.3, -0.25) is 10.1 Å². The first-order valence-corrected chi connectivity index (χ1v) is 14.6. The van der Waals surface area contributed by atoms with Crippen LogP contribution >= 0.6 is 0 Å². The lowest BCUT2D eigenvalue weighted by atomic mass is 10.0. The van der Waals surface area contributed by atoms with Gasteiger partial charge in [-0.1, -0.05) is 76.8 Å². The van der Waals surface area contributed by atoms with E-state index in [-0.39, 0.29) is 15.6 Å². The summed E-state index contributed by atoms with van der Waals surface area (Å²) in [6, 6.07) is 14.5. The molecule has 0 heterocycles. The average Bonchev–Trinajstić information content (AvgIpc) is 2.74. The Morgan fingerprint density at radius 3 is 2.06 bits per heavy atom. The van der Waals surface area contributed by atoms with Crippen LogP contribution in [0.2, 0.25) is 18.1 Å². The molecule has 0 unspecified atom stereocenters. The first kappa shape index (κ1) is 26.1. The van der Waals surface area contributed by atoms with Gasteiger partial charge in [0.25, 0.3) is 5.69 Å². The summed E-state index contributed by atoms with van der Waals surface area (Å²) in [5.41, 5.74) is 1.52. The van der Waals surface area contributed by atoms with Gasteiger partial charge < -0.3 is 9.16 Å². The van der Waals surface area contributed by atoms with E-state index >= 15 is 0 Å². The summed E-state index contributed by atoms with van der Waals surface area (Å²) >= 11 is 0. The van der Waals surface area contributed by atoms with Gasteiger partial charge in [0.1, 0.15) is 5.75 Å². The van der Waals surface area contributed by atoms with Crippen LogP contribution < -0.4 is 4.74 Å². The molecule has 0 aliphatic carbocycles. The second-order valence-corrected chi connectivity index (χ2v) is 14.7. The molecule has 2 rings (SSSR count). The Morgan fingerprint density at radius 1 is 0.875 bits per heavy atom. The van der Waals surface area contributed by atoms with E-state index in [4.69, 9.17) is 9.16 Å². The van der Waals surface area contributed by atoms with Gasteiger partial charge in [-0.05, 0) is 48.7 Å². The van der Waals surface area contributed by atoms with Crippen LogP contribution in [-0.2, 0) is 4.43 Å². The maximum atomic E-state index is 11.5. The molecule has 0 atom stereocenters. The number of unbranched alkanes of at least 4 members (excludes halogenated alkanes) is 5. The Balaban J connectivity index is 1.65. The van der Waals surface area contributed by atoms with E-state index in [0.29, 0.717) is 17.9 Å². The van der Waals surface area contributed by atoms with Crippen LogP contribution in [0.3, 0.4) is 0 Å². The molecule has 176 valence electrons. The van der Waals surface area contributed by atoms with Gasteiger partial charge in [0, 0.05) is 6.61 Å². The summed E-state index contributed by atoms with van der Waals surface area (Å²) in [5.74, 6) is 0.555. The van der Waals surface area contributed by atoms with Crippen LogP contribution in [0.4, 0.5) is 5.69 Å². The van der Waals surface area contributed by atoms with E-state index in [9.17, 15) is 10.1 Å². The molecular formula is C26H39NO4Si. The Bertz CT molecular complexity index is 847. The van der Waals surface area contributed by atoms with E-state index in [1.807, 2.05) is 36.4 Å². The zero-order chi connectivity index (χ0) is 23.6. The molecule has 0 aliphatic heterocycles. The molecular weight excluding hydrogens is 418 g/mol. The van der Waals surface area contributed by atoms with Crippen molar-refractivity contribution in [2.75, 3.05) is 13.2 Å². The van der Waals surface area contributed by atoms with Crippen LogP contribution in [0.15, 0.2) is 48.5 Å². The fraction of sp³-hybridized carbons (Fsp3) is 0.538. The predicted molar refractivity (Wildman–Crippen MR) is 135 cm³/mol. The monoisotopic (exact) mass is 457 g/mol. The third-order valence-corrected chi connectivity index (χ3v) is 10.9. The number of nitro benzene ring substituents is 1. The first-order chi connectivity index (χ1) is 15.1. The first-order valence-electron chi connectivity index (χ1n) is 11.7. The second kappa shape index (κ2) is 12.2. The second-order valence-electron chi connectivity index (χ2n) is 9.88. The average molecular weight is 458 g/mol. The Hall–Kier alpha value is -2.18. The molecule has 0 saturated heterocycles. The van der Waals surface area contributed by atoms with E-state index < -0.39 is 8.32 Å². The molecule has 32 heavy (non-hydrogen) atoms. The fourth-order valence-electron chi connectivity index (χ4n) is 3.26. The van der Waals surface area contributed by atoms with Gasteiger partial charge in [0.15, 0.2) is 8.32 Å². The summed E-state index contributed by atoms with van der Waals surface area (Å²) in [5, 5.41) is 11.8. The van der Waals surface area contributed by atoms with Crippen molar-refractivity contribution >= 4 is 14.0 Å². The van der Waals surface area contributed by atoms with Crippen LogP contribution in [0.1, 0.15) is 59.3 Å². The molecule has 0 N–H and O–H groups in total. The number of ether oxygens (including phenoxy) is 1. The predicted octanol–water partition coefficient (Wildman–Crippen LogP) is 8.00. The molecule has 6 heteroatoms. The van der Waals surface area contributed by atoms with Crippen molar-refractivity contribution in [3.8, 4) is 16.9 Å². The molecule has 2 aromatic carbocycles. The summed E-state index contributed by atoms with van der Waals surface area (Å²) in [4.78, 5) is 11.2. The van der Waals surface area contributed by atoms with E-state index in [0.717, 1.165) is 31.4 Å². The van der Waals surface area contributed by atoms with Crippen molar-refractivity contribution in [2.24, 2.45) is 0 Å². The molecule has 0 aromatic heterocycles. The van der Waals surface area contributed by atoms with E-state index in [2.05, 4.69) is 33.9 Å². The highest BCUT2D eigenvalue weighted by atomic mass is 28.4.